The summed E-state index contributed by atoms with van der Waals surface area (Å²) in [7, 11) is 1.32. The van der Waals surface area contributed by atoms with Crippen LogP contribution in [0.5, 0.6) is 0 Å². The second-order valence-corrected chi connectivity index (χ2v) is 18.9. The van der Waals surface area contributed by atoms with E-state index in [4.69, 9.17) is 9.05 Å². The Labute approximate surface area is 336 Å². The molecule has 0 aliphatic carbocycles. The third kappa shape index (κ3) is 39.7. The van der Waals surface area contributed by atoms with Gasteiger partial charge in [-0.15, -0.1) is 0 Å². The van der Waals surface area contributed by atoms with Crippen LogP contribution in [0.3, 0.4) is 0 Å². The Balaban J connectivity index is 4.29. The standard InChI is InChI=1S/C45H93N2O6P/c1-6-8-10-12-14-16-18-20-22-23-25-27-29-31-33-35-37-39-45(49)46-43(42-53-54(50,51)52-41-40-47(3,4)5)44(48)38-36-34-32-30-28-26-24-21-19-17-15-13-11-9-7-2/h43-44,48H,6-42H2,1-5H3,(H-,46,49,50,51). The van der Waals surface area contributed by atoms with Gasteiger partial charge in [0.2, 0.25) is 5.91 Å². The number of nitrogens with one attached hydrogen (secondary N) is 1. The number of hydrogen-bond acceptors (Lipinski definition) is 6. The molecule has 3 unspecified atom stereocenters. The van der Waals surface area contributed by atoms with Crippen LogP contribution < -0.4 is 10.2 Å². The number of unbranched alkanes of at least 4 members (excludes halogenated alkanes) is 30. The lowest BCUT2D eigenvalue weighted by Crippen LogP contribution is -2.46. The number of carbonyl (C=O) groups is 1. The van der Waals surface area contributed by atoms with E-state index in [2.05, 4.69) is 19.2 Å². The van der Waals surface area contributed by atoms with E-state index < -0.39 is 20.0 Å². The minimum absolute atomic E-state index is 0.0162. The summed E-state index contributed by atoms with van der Waals surface area (Å²) in [6.45, 7) is 4.75. The van der Waals surface area contributed by atoms with Gasteiger partial charge in [0, 0.05) is 6.42 Å². The highest BCUT2D eigenvalue weighted by Gasteiger charge is 2.24. The normalized spacial score (nSPS) is 14.3. The highest BCUT2D eigenvalue weighted by atomic mass is 31.2. The number of hydrogen-bond donors (Lipinski definition) is 2. The van der Waals surface area contributed by atoms with E-state index in [9.17, 15) is 19.4 Å². The molecule has 1 amide bonds. The van der Waals surface area contributed by atoms with Gasteiger partial charge < -0.3 is 28.8 Å². The molecule has 8 nitrogen and oxygen atoms in total. The van der Waals surface area contributed by atoms with Crippen molar-refractivity contribution in [3.63, 3.8) is 0 Å². The molecule has 0 spiro atoms. The van der Waals surface area contributed by atoms with Gasteiger partial charge in [-0.1, -0.05) is 213 Å². The summed E-state index contributed by atoms with van der Waals surface area (Å²) >= 11 is 0. The predicted molar refractivity (Wildman–Crippen MR) is 229 cm³/mol. The van der Waals surface area contributed by atoms with Crippen LogP contribution in [-0.2, 0) is 18.4 Å². The first-order valence-electron chi connectivity index (χ1n) is 23.4. The largest absolute Gasteiger partial charge is 0.756 e. The lowest BCUT2D eigenvalue weighted by molar-refractivity contribution is -0.870. The average molecular weight is 789 g/mol. The van der Waals surface area contributed by atoms with E-state index in [0.717, 1.165) is 38.5 Å². The molecule has 54 heavy (non-hydrogen) atoms. The monoisotopic (exact) mass is 789 g/mol. The van der Waals surface area contributed by atoms with E-state index in [-0.39, 0.29) is 19.1 Å². The molecule has 0 fully saturated rings. The van der Waals surface area contributed by atoms with Crippen LogP contribution in [0.15, 0.2) is 0 Å². The van der Waals surface area contributed by atoms with Crippen LogP contribution in [0, 0.1) is 0 Å². The molecule has 0 aromatic heterocycles. The third-order valence-corrected chi connectivity index (χ3v) is 11.8. The molecular weight excluding hydrogens is 695 g/mol. The van der Waals surface area contributed by atoms with Crippen LogP contribution in [-0.4, -0.2) is 68.5 Å². The van der Waals surface area contributed by atoms with Crippen molar-refractivity contribution in [1.29, 1.82) is 0 Å². The number of phosphoric ester groups is 1. The van der Waals surface area contributed by atoms with Crippen LogP contribution in [0.4, 0.5) is 0 Å². The van der Waals surface area contributed by atoms with Gasteiger partial charge in [0.15, 0.2) is 0 Å². The smallest absolute Gasteiger partial charge is 0.268 e. The molecule has 0 aliphatic heterocycles. The zero-order chi connectivity index (χ0) is 40.0. The Bertz CT molecular complexity index is 855. The van der Waals surface area contributed by atoms with E-state index in [0.29, 0.717) is 23.9 Å². The molecule has 0 bridgehead atoms. The predicted octanol–water partition coefficient (Wildman–Crippen LogP) is 12.3. The second-order valence-electron chi connectivity index (χ2n) is 17.5. The minimum atomic E-state index is -4.56. The number of aliphatic hydroxyl groups excluding tert-OH is 1. The maximum Gasteiger partial charge on any atom is 0.268 e. The number of quaternary nitrogens is 1. The van der Waals surface area contributed by atoms with E-state index in [1.165, 1.54) is 167 Å². The molecule has 9 heteroatoms. The summed E-state index contributed by atoms with van der Waals surface area (Å²) in [6.07, 6.45) is 41.0. The van der Waals surface area contributed by atoms with Crippen molar-refractivity contribution in [2.24, 2.45) is 0 Å². The minimum Gasteiger partial charge on any atom is -0.756 e. The lowest BCUT2D eigenvalue weighted by Gasteiger charge is -2.30. The summed E-state index contributed by atoms with van der Waals surface area (Å²) in [5.41, 5.74) is 0. The SMILES string of the molecule is CCCCCCCCCCCCCCCCCCCC(=O)NC(COP(=O)([O-])OCC[N+](C)(C)C)C(O)CCCCCCCCCCCCCCCCC. The molecule has 0 saturated heterocycles. The van der Waals surface area contributed by atoms with Crippen LogP contribution in [0.25, 0.3) is 0 Å². The Morgan fingerprint density at radius 1 is 0.574 bits per heavy atom. The van der Waals surface area contributed by atoms with Crippen molar-refractivity contribution in [3.8, 4) is 0 Å². The number of aliphatic hydroxyl groups is 1. The Hall–Kier alpha value is -0.500. The van der Waals surface area contributed by atoms with E-state index in [1.807, 2.05) is 21.1 Å². The Morgan fingerprint density at radius 3 is 1.26 bits per heavy atom. The van der Waals surface area contributed by atoms with Crippen molar-refractivity contribution < 1.29 is 32.9 Å². The first-order valence-corrected chi connectivity index (χ1v) is 24.8. The third-order valence-electron chi connectivity index (χ3n) is 10.8. The van der Waals surface area contributed by atoms with E-state index in [1.54, 1.807) is 0 Å². The van der Waals surface area contributed by atoms with Crippen molar-refractivity contribution in [2.45, 2.75) is 244 Å². The topological polar surface area (TPSA) is 108 Å². The van der Waals surface area contributed by atoms with Crippen molar-refractivity contribution >= 4 is 13.7 Å². The number of rotatable bonds is 43. The fourth-order valence-electron chi connectivity index (χ4n) is 7.10. The summed E-state index contributed by atoms with van der Waals surface area (Å²) < 4.78 is 23.3. The van der Waals surface area contributed by atoms with E-state index >= 15 is 0 Å². The average Bonchev–Trinajstić information content (AvgIpc) is 3.12. The van der Waals surface area contributed by atoms with Gasteiger partial charge in [-0.3, -0.25) is 9.36 Å². The number of phosphoric acid groups is 1. The van der Waals surface area contributed by atoms with Gasteiger partial charge in [0.25, 0.3) is 7.82 Å². The molecular formula is C45H93N2O6P. The van der Waals surface area contributed by atoms with Gasteiger partial charge >= 0.3 is 0 Å². The first kappa shape index (κ1) is 53.5. The number of amides is 1. The summed E-state index contributed by atoms with van der Waals surface area (Å²) in [4.78, 5) is 25.3. The van der Waals surface area contributed by atoms with Gasteiger partial charge in [-0.2, -0.15) is 0 Å². The van der Waals surface area contributed by atoms with Crippen molar-refractivity contribution in [1.82, 2.24) is 5.32 Å². The zero-order valence-corrected chi connectivity index (χ0v) is 37.6. The fraction of sp³-hybridized carbons (Fsp3) is 0.978. The van der Waals surface area contributed by atoms with Gasteiger partial charge in [-0.25, -0.2) is 0 Å². The summed E-state index contributed by atoms with van der Waals surface area (Å²) in [5, 5.41) is 13.9. The molecule has 2 N–H and O–H groups in total. The Kier molecular flexibility index (Phi) is 37.7. The van der Waals surface area contributed by atoms with Crippen molar-refractivity contribution in [2.75, 3.05) is 40.9 Å². The molecule has 3 atom stereocenters. The second kappa shape index (κ2) is 38.0. The number of likely N-dealkylation sites (N-methyl/N-ethyl adjacent to an activating group) is 1. The van der Waals surface area contributed by atoms with Gasteiger partial charge in [0.1, 0.15) is 13.2 Å². The highest BCUT2D eigenvalue weighted by molar-refractivity contribution is 7.45. The van der Waals surface area contributed by atoms with Crippen molar-refractivity contribution in [3.05, 3.63) is 0 Å². The molecule has 0 aromatic rings. The summed E-state index contributed by atoms with van der Waals surface area (Å²) in [5.74, 6) is -0.160. The van der Waals surface area contributed by atoms with Gasteiger partial charge in [-0.05, 0) is 12.8 Å². The summed E-state index contributed by atoms with van der Waals surface area (Å²) in [6, 6.07) is -0.792. The van der Waals surface area contributed by atoms with Crippen LogP contribution in [0.2, 0.25) is 0 Å². The quantitative estimate of drug-likeness (QED) is 0.0362. The lowest BCUT2D eigenvalue weighted by atomic mass is 10.0. The molecule has 0 rings (SSSR count). The molecule has 0 heterocycles. The van der Waals surface area contributed by atoms with Gasteiger partial charge in [0.05, 0.1) is 39.9 Å². The Morgan fingerprint density at radius 2 is 0.907 bits per heavy atom. The maximum absolute atomic E-state index is 12.9. The molecule has 0 aromatic carbocycles. The highest BCUT2D eigenvalue weighted by Crippen LogP contribution is 2.38. The van der Waals surface area contributed by atoms with Crippen LogP contribution >= 0.6 is 7.82 Å². The molecule has 0 radical (unpaired) electrons. The molecule has 0 saturated carbocycles. The fourth-order valence-corrected chi connectivity index (χ4v) is 7.82. The maximum atomic E-state index is 12.9. The zero-order valence-electron chi connectivity index (χ0n) is 36.7. The first-order chi connectivity index (χ1) is 26.0. The number of nitrogens with zero attached hydrogens (tertiary/aromatic N) is 1. The number of carbonyl (C=O) groups excluding carboxylic acids is 1. The van der Waals surface area contributed by atoms with Crippen LogP contribution in [0.1, 0.15) is 232 Å². The molecule has 324 valence electrons. The molecule has 0 aliphatic rings.